The van der Waals surface area contributed by atoms with E-state index in [1.165, 1.54) is 0 Å². The van der Waals surface area contributed by atoms with Gasteiger partial charge in [0, 0.05) is 44.9 Å². The standard InChI is InChI=1S/C46H52N5O9PS/c1-32-28-50(45(48-44(32)52)47-31-49(2)3)43-27-40(59-61-51-26-12-17-39(51)42(60-61)30-62(53,54)38-15-10-7-11-16-38)41(58-43)29-57-46(33-13-8-6-9-14-33,34-18-22-36(55-4)23-19-34)35-20-24-37(56-5)25-21-35/h6-11,13-16,18-25,28,31,39-43H,12,17,26-27,29-30H2,1-5H3/b47-31+/t39-,40-,41+,42+,43+,61+/m0/s1. The molecule has 4 aromatic carbocycles. The second-order valence-corrected chi connectivity index (χ2v) is 19.3. The SMILES string of the molecule is COc1ccc(C(OC[C@H]2O[C@@H](n3cc(C)c(=O)nc3/N=C/N(C)C)C[C@@H]2O[P@]2O[C@H](CS(=O)(=O)c3ccccc3)[C@@H]3CCCN32)(c2ccccc2)c2ccc(OC)cc2)cc1. The number of fused-ring (bicyclic) bond motifs is 1. The number of aliphatic imine (C=N–C) groups is 1. The Morgan fingerprint density at radius 1 is 0.887 bits per heavy atom. The van der Waals surface area contributed by atoms with Gasteiger partial charge in [0.1, 0.15) is 29.4 Å². The molecule has 0 radical (unpaired) electrons. The van der Waals surface area contributed by atoms with Crippen LogP contribution in [0.25, 0.3) is 0 Å². The number of aromatic nitrogens is 2. The zero-order valence-electron chi connectivity index (χ0n) is 35.4. The zero-order valence-corrected chi connectivity index (χ0v) is 37.2. The molecule has 4 heterocycles. The Balaban J connectivity index is 1.17. The van der Waals surface area contributed by atoms with E-state index >= 15 is 0 Å². The first-order chi connectivity index (χ1) is 30.0. The van der Waals surface area contributed by atoms with Gasteiger partial charge in [-0.25, -0.2) is 18.1 Å². The first-order valence-corrected chi connectivity index (χ1v) is 23.4. The van der Waals surface area contributed by atoms with Crippen LogP contribution in [0.3, 0.4) is 0 Å². The number of rotatable bonds is 16. The third-order valence-corrected chi connectivity index (χ3v) is 15.1. The summed E-state index contributed by atoms with van der Waals surface area (Å²) in [6.45, 7) is 2.48. The van der Waals surface area contributed by atoms with E-state index < -0.39 is 48.5 Å². The highest BCUT2D eigenvalue weighted by molar-refractivity contribution is 7.91. The molecular formula is C46H52N5O9PS. The first kappa shape index (κ1) is 43.7. The van der Waals surface area contributed by atoms with Crippen LogP contribution in [-0.2, 0) is 34.0 Å². The Morgan fingerprint density at radius 3 is 2.11 bits per heavy atom. The summed E-state index contributed by atoms with van der Waals surface area (Å²) in [4.78, 5) is 23.7. The molecule has 16 heteroatoms. The van der Waals surface area contributed by atoms with Gasteiger partial charge in [0.15, 0.2) is 9.84 Å². The fourth-order valence-corrected chi connectivity index (χ4v) is 11.9. The number of aryl methyl sites for hydroxylation is 1. The van der Waals surface area contributed by atoms with E-state index in [9.17, 15) is 13.2 Å². The summed E-state index contributed by atoms with van der Waals surface area (Å²) < 4.78 is 70.3. The van der Waals surface area contributed by atoms with E-state index in [2.05, 4.69) is 14.6 Å². The van der Waals surface area contributed by atoms with Crippen LogP contribution >= 0.6 is 8.53 Å². The van der Waals surface area contributed by atoms with Crippen LogP contribution < -0.4 is 15.0 Å². The molecular weight excluding hydrogens is 830 g/mol. The van der Waals surface area contributed by atoms with Gasteiger partial charge in [-0.3, -0.25) is 9.36 Å². The minimum absolute atomic E-state index is 0.0510. The van der Waals surface area contributed by atoms with Crippen molar-refractivity contribution >= 4 is 30.7 Å². The topological polar surface area (TPSA) is 143 Å². The monoisotopic (exact) mass is 881 g/mol. The van der Waals surface area contributed by atoms with Crippen LogP contribution in [0.15, 0.2) is 130 Å². The second-order valence-electron chi connectivity index (χ2n) is 15.8. The molecule has 0 unspecified atom stereocenters. The quantitative estimate of drug-likeness (QED) is 0.0435. The van der Waals surface area contributed by atoms with Crippen molar-refractivity contribution in [3.05, 3.63) is 148 Å². The van der Waals surface area contributed by atoms with Crippen molar-refractivity contribution in [1.29, 1.82) is 0 Å². The number of hydrogen-bond acceptors (Lipinski definition) is 12. The highest BCUT2D eigenvalue weighted by atomic mass is 32.2. The predicted octanol–water partition coefficient (Wildman–Crippen LogP) is 7.04. The van der Waals surface area contributed by atoms with E-state index in [0.717, 1.165) is 29.5 Å². The summed E-state index contributed by atoms with van der Waals surface area (Å²) in [5, 5.41) is 0. The zero-order chi connectivity index (χ0) is 43.4. The first-order valence-electron chi connectivity index (χ1n) is 20.6. The normalized spacial score (nSPS) is 22.9. The molecule has 0 saturated carbocycles. The van der Waals surface area contributed by atoms with Crippen LogP contribution in [-0.4, -0.2) is 105 Å². The molecule has 326 valence electrons. The molecule has 1 aromatic heterocycles. The molecule has 5 aromatic rings. The van der Waals surface area contributed by atoms with Gasteiger partial charge in [0.25, 0.3) is 14.1 Å². The van der Waals surface area contributed by atoms with Crippen molar-refractivity contribution in [2.45, 2.75) is 67.3 Å². The van der Waals surface area contributed by atoms with Crippen molar-refractivity contribution in [2.24, 2.45) is 4.99 Å². The summed E-state index contributed by atoms with van der Waals surface area (Å²) in [7, 11) is 1.61. The lowest BCUT2D eigenvalue weighted by Crippen LogP contribution is -2.38. The lowest BCUT2D eigenvalue weighted by atomic mass is 9.80. The van der Waals surface area contributed by atoms with E-state index in [1.54, 1.807) is 73.5 Å². The van der Waals surface area contributed by atoms with Gasteiger partial charge < -0.3 is 32.9 Å². The Morgan fingerprint density at radius 2 is 1.50 bits per heavy atom. The van der Waals surface area contributed by atoms with Crippen LogP contribution in [0, 0.1) is 6.92 Å². The average molecular weight is 882 g/mol. The van der Waals surface area contributed by atoms with Gasteiger partial charge in [-0.15, -0.1) is 0 Å². The van der Waals surface area contributed by atoms with Crippen LogP contribution in [0.5, 0.6) is 11.5 Å². The molecule has 0 amide bonds. The summed E-state index contributed by atoms with van der Waals surface area (Å²) >= 11 is 0. The fourth-order valence-electron chi connectivity index (χ4n) is 8.33. The van der Waals surface area contributed by atoms with Crippen LogP contribution in [0.2, 0.25) is 0 Å². The molecule has 0 aliphatic carbocycles. The molecule has 0 N–H and O–H groups in total. The summed E-state index contributed by atoms with van der Waals surface area (Å²) in [5.74, 6) is 1.43. The molecule has 6 atom stereocenters. The van der Waals surface area contributed by atoms with E-state index in [-0.39, 0.29) is 34.8 Å². The number of nitrogens with zero attached hydrogens (tertiary/aromatic N) is 5. The molecule has 0 spiro atoms. The van der Waals surface area contributed by atoms with Gasteiger partial charge >= 0.3 is 0 Å². The molecule has 8 rings (SSSR count). The van der Waals surface area contributed by atoms with Crippen LogP contribution in [0.4, 0.5) is 5.95 Å². The maximum atomic E-state index is 13.6. The number of benzene rings is 4. The van der Waals surface area contributed by atoms with Crippen molar-refractivity contribution < 1.29 is 36.4 Å². The van der Waals surface area contributed by atoms with Gasteiger partial charge in [0.05, 0.1) is 50.0 Å². The van der Waals surface area contributed by atoms with Crippen LogP contribution in [0.1, 0.15) is 47.7 Å². The lowest BCUT2D eigenvalue weighted by molar-refractivity contribution is -0.0911. The summed E-state index contributed by atoms with van der Waals surface area (Å²) in [5.41, 5.74) is 1.50. The lowest BCUT2D eigenvalue weighted by Gasteiger charge is -2.37. The maximum Gasteiger partial charge on any atom is 0.277 e. The summed E-state index contributed by atoms with van der Waals surface area (Å²) in [6, 6.07) is 34.0. The minimum Gasteiger partial charge on any atom is -0.497 e. The average Bonchev–Trinajstić information content (AvgIpc) is 4.02. The number of ether oxygens (including phenoxy) is 4. The fraction of sp³-hybridized carbons (Fsp3) is 0.370. The van der Waals surface area contributed by atoms with E-state index in [4.69, 9.17) is 28.0 Å². The van der Waals surface area contributed by atoms with E-state index in [0.29, 0.717) is 30.0 Å². The minimum atomic E-state index is -3.64. The Bertz CT molecular complexity index is 2450. The number of methoxy groups -OCH3 is 2. The van der Waals surface area contributed by atoms with Crippen molar-refractivity contribution in [3.63, 3.8) is 0 Å². The maximum absolute atomic E-state index is 13.6. The largest absolute Gasteiger partial charge is 0.497 e. The molecule has 0 bridgehead atoms. The number of sulfone groups is 1. The molecule has 3 aliphatic rings. The summed E-state index contributed by atoms with van der Waals surface area (Å²) in [6.07, 6.45) is 2.82. The van der Waals surface area contributed by atoms with Gasteiger partial charge in [-0.1, -0.05) is 72.8 Å². The number of hydrogen-bond donors (Lipinski definition) is 0. The molecule has 14 nitrogen and oxygen atoms in total. The van der Waals surface area contributed by atoms with Crippen molar-refractivity contribution in [2.75, 3.05) is 47.2 Å². The highest BCUT2D eigenvalue weighted by Crippen LogP contribution is 2.58. The van der Waals surface area contributed by atoms with Gasteiger partial charge in [-0.05, 0) is 72.9 Å². The van der Waals surface area contributed by atoms with Crippen molar-refractivity contribution in [1.82, 2.24) is 19.1 Å². The second kappa shape index (κ2) is 18.8. The van der Waals surface area contributed by atoms with Gasteiger partial charge in [-0.2, -0.15) is 4.98 Å². The molecule has 3 fully saturated rings. The smallest absolute Gasteiger partial charge is 0.277 e. The molecule has 3 saturated heterocycles. The van der Waals surface area contributed by atoms with Gasteiger partial charge in [0.2, 0.25) is 5.95 Å². The third kappa shape index (κ3) is 9.07. The Kier molecular flexibility index (Phi) is 13.2. The third-order valence-electron chi connectivity index (χ3n) is 11.5. The molecule has 62 heavy (non-hydrogen) atoms. The van der Waals surface area contributed by atoms with Crippen molar-refractivity contribution in [3.8, 4) is 11.5 Å². The molecule has 3 aliphatic heterocycles. The highest BCUT2D eigenvalue weighted by Gasteiger charge is 2.51. The Labute approximate surface area is 363 Å². The predicted molar refractivity (Wildman–Crippen MR) is 237 cm³/mol. The Hall–Kier alpha value is -4.99. The van der Waals surface area contributed by atoms with E-state index in [1.807, 2.05) is 93.0 Å².